The van der Waals surface area contributed by atoms with Crippen molar-refractivity contribution in [3.63, 3.8) is 0 Å². The molecule has 0 radical (unpaired) electrons. The van der Waals surface area contributed by atoms with E-state index in [1.54, 1.807) is 22.8 Å². The van der Waals surface area contributed by atoms with Crippen molar-refractivity contribution in [2.45, 2.75) is 18.3 Å². The summed E-state index contributed by atoms with van der Waals surface area (Å²) in [6, 6.07) is 10.1. The number of alkyl halides is 2. The minimum atomic E-state index is -2.97. The summed E-state index contributed by atoms with van der Waals surface area (Å²) >= 11 is 1.34. The average molecular weight is 437 g/mol. The number of nitrogens with zero attached hydrogens (tertiary/aromatic N) is 2. The third-order valence-electron chi connectivity index (χ3n) is 4.13. The van der Waals surface area contributed by atoms with E-state index in [-0.39, 0.29) is 29.6 Å². The van der Waals surface area contributed by atoms with Crippen LogP contribution in [0.1, 0.15) is 16.1 Å². The zero-order chi connectivity index (χ0) is 21.7. The highest BCUT2D eigenvalue weighted by Gasteiger charge is 2.18. The highest BCUT2D eigenvalue weighted by molar-refractivity contribution is 7.98. The van der Waals surface area contributed by atoms with Gasteiger partial charge in [-0.1, -0.05) is 17.8 Å². The van der Waals surface area contributed by atoms with E-state index in [0.29, 0.717) is 16.4 Å². The first kappa shape index (κ1) is 21.6. The quantitative estimate of drug-likeness (QED) is 0.533. The van der Waals surface area contributed by atoms with Crippen molar-refractivity contribution >= 4 is 17.7 Å². The monoisotopic (exact) mass is 437 g/mol. The number of hydrogen-bond acceptors (Lipinski definition) is 5. The molecule has 2 aromatic carbocycles. The molecule has 0 fully saturated rings. The lowest BCUT2D eigenvalue weighted by Gasteiger charge is -2.13. The Morgan fingerprint density at radius 2 is 1.93 bits per heavy atom. The van der Waals surface area contributed by atoms with E-state index < -0.39 is 12.5 Å². The molecule has 0 atom stereocenters. The van der Waals surface area contributed by atoms with Crippen molar-refractivity contribution in [1.29, 1.82) is 0 Å². The molecule has 1 heterocycles. The second-order valence-corrected chi connectivity index (χ2v) is 6.76. The Kier molecular flexibility index (Phi) is 6.88. The molecule has 3 aromatic rings. The maximum atomic E-state index is 13.3. The fourth-order valence-corrected chi connectivity index (χ4v) is 3.31. The second-order valence-electron chi connectivity index (χ2n) is 5.99. The molecule has 0 saturated heterocycles. The summed E-state index contributed by atoms with van der Waals surface area (Å²) in [4.78, 5) is 17.0. The number of aromatic nitrogens is 2. The summed E-state index contributed by atoms with van der Waals surface area (Å²) in [5.41, 5.74) is 1.49. The molecule has 0 bridgehead atoms. The molecular formula is C20H18F3N3O3S. The Hall–Kier alpha value is -3.14. The van der Waals surface area contributed by atoms with Crippen LogP contribution in [-0.4, -0.2) is 35.4 Å². The number of thioether (sulfide) groups is 1. The lowest BCUT2D eigenvalue weighted by atomic mass is 10.2. The molecule has 6 nitrogen and oxygen atoms in total. The predicted octanol–water partition coefficient (Wildman–Crippen LogP) is 4.27. The van der Waals surface area contributed by atoms with Crippen LogP contribution in [0.15, 0.2) is 53.8 Å². The van der Waals surface area contributed by atoms with Crippen LogP contribution in [0.4, 0.5) is 13.2 Å². The maximum absolute atomic E-state index is 13.3. The Balaban J connectivity index is 1.79. The molecular weight excluding hydrogens is 419 g/mol. The van der Waals surface area contributed by atoms with Crippen molar-refractivity contribution in [3.05, 3.63) is 65.7 Å². The first-order valence-corrected chi connectivity index (χ1v) is 9.93. The van der Waals surface area contributed by atoms with Crippen molar-refractivity contribution in [2.24, 2.45) is 0 Å². The van der Waals surface area contributed by atoms with Crippen LogP contribution in [0.2, 0.25) is 0 Å². The first-order chi connectivity index (χ1) is 14.4. The minimum Gasteiger partial charge on any atom is -0.493 e. The number of halogens is 3. The van der Waals surface area contributed by atoms with Gasteiger partial charge in [0, 0.05) is 12.2 Å². The molecule has 3 rings (SSSR count). The normalized spacial score (nSPS) is 10.9. The Bertz CT molecular complexity index is 1030. The fourth-order valence-electron chi connectivity index (χ4n) is 2.77. The van der Waals surface area contributed by atoms with Gasteiger partial charge in [-0.3, -0.25) is 9.36 Å². The van der Waals surface area contributed by atoms with Crippen LogP contribution >= 0.6 is 11.8 Å². The zero-order valence-corrected chi connectivity index (χ0v) is 16.9. The van der Waals surface area contributed by atoms with Gasteiger partial charge in [-0.25, -0.2) is 9.37 Å². The Morgan fingerprint density at radius 1 is 1.20 bits per heavy atom. The van der Waals surface area contributed by atoms with Crippen LogP contribution in [0.3, 0.4) is 0 Å². The molecule has 0 aliphatic rings. The summed E-state index contributed by atoms with van der Waals surface area (Å²) in [6.07, 6.45) is 3.25. The number of benzene rings is 2. The fraction of sp³-hybridized carbons (Fsp3) is 0.200. The SMILES string of the molecule is COc1cc(CNC(=O)c2cnc(SC)n2-c2ccc(F)cc2)ccc1OC(F)F. The number of rotatable bonds is 8. The van der Waals surface area contributed by atoms with E-state index in [0.717, 1.165) is 0 Å². The van der Waals surface area contributed by atoms with Gasteiger partial charge < -0.3 is 14.8 Å². The Morgan fingerprint density at radius 3 is 2.57 bits per heavy atom. The zero-order valence-electron chi connectivity index (χ0n) is 16.1. The molecule has 0 aliphatic heterocycles. The first-order valence-electron chi connectivity index (χ1n) is 8.70. The third-order valence-corrected chi connectivity index (χ3v) is 4.78. The van der Waals surface area contributed by atoms with Gasteiger partial charge >= 0.3 is 6.61 Å². The van der Waals surface area contributed by atoms with Crippen molar-refractivity contribution < 1.29 is 27.4 Å². The number of ether oxygens (including phenoxy) is 2. The van der Waals surface area contributed by atoms with Crippen molar-refractivity contribution in [2.75, 3.05) is 13.4 Å². The summed E-state index contributed by atoms with van der Waals surface area (Å²) in [6.45, 7) is -2.85. The summed E-state index contributed by atoms with van der Waals surface area (Å²) in [7, 11) is 1.33. The van der Waals surface area contributed by atoms with Gasteiger partial charge in [0.15, 0.2) is 16.7 Å². The second kappa shape index (κ2) is 9.57. The lowest BCUT2D eigenvalue weighted by Crippen LogP contribution is -2.25. The van der Waals surface area contributed by atoms with Gasteiger partial charge in [-0.15, -0.1) is 0 Å². The molecule has 0 unspecified atom stereocenters. The van der Waals surface area contributed by atoms with Gasteiger partial charge in [-0.2, -0.15) is 8.78 Å². The molecule has 10 heteroatoms. The van der Waals surface area contributed by atoms with Crippen LogP contribution in [0, 0.1) is 5.82 Å². The molecule has 0 aliphatic carbocycles. The van der Waals surface area contributed by atoms with Gasteiger partial charge in [0.25, 0.3) is 5.91 Å². The van der Waals surface area contributed by atoms with E-state index in [1.807, 2.05) is 6.26 Å². The number of imidazole rings is 1. The summed E-state index contributed by atoms with van der Waals surface area (Å²) < 4.78 is 49.2. The van der Waals surface area contributed by atoms with Gasteiger partial charge in [0.05, 0.1) is 13.3 Å². The number of nitrogens with one attached hydrogen (secondary N) is 1. The van der Waals surface area contributed by atoms with Crippen LogP contribution < -0.4 is 14.8 Å². The molecule has 1 amide bonds. The molecule has 158 valence electrons. The summed E-state index contributed by atoms with van der Waals surface area (Å²) in [5, 5.41) is 3.33. The van der Waals surface area contributed by atoms with Gasteiger partial charge in [-0.05, 0) is 48.2 Å². The highest BCUT2D eigenvalue weighted by Crippen LogP contribution is 2.29. The Labute approximate surface area is 175 Å². The molecule has 0 spiro atoms. The van der Waals surface area contributed by atoms with Gasteiger partial charge in [0.1, 0.15) is 11.5 Å². The standard InChI is InChI=1S/C20H18F3N3O3S/c1-28-17-9-12(3-8-16(17)29-19(22)23)10-24-18(27)15-11-25-20(30-2)26(15)14-6-4-13(21)5-7-14/h3-9,11,19H,10H2,1-2H3,(H,24,27). The summed E-state index contributed by atoms with van der Waals surface area (Å²) in [5.74, 6) is -0.757. The number of methoxy groups -OCH3 is 1. The molecule has 1 aromatic heterocycles. The largest absolute Gasteiger partial charge is 0.493 e. The lowest BCUT2D eigenvalue weighted by molar-refractivity contribution is -0.0512. The van der Waals surface area contributed by atoms with E-state index in [9.17, 15) is 18.0 Å². The smallest absolute Gasteiger partial charge is 0.387 e. The van der Waals surface area contributed by atoms with Crippen LogP contribution in [0.5, 0.6) is 11.5 Å². The number of carbonyl (C=O) groups excluding carboxylic acids is 1. The maximum Gasteiger partial charge on any atom is 0.387 e. The number of carbonyl (C=O) groups is 1. The molecule has 1 N–H and O–H groups in total. The van der Waals surface area contributed by atoms with Gasteiger partial charge in [0.2, 0.25) is 0 Å². The predicted molar refractivity (Wildman–Crippen MR) is 106 cm³/mol. The number of hydrogen-bond donors (Lipinski definition) is 1. The molecule has 30 heavy (non-hydrogen) atoms. The van der Waals surface area contributed by atoms with Crippen molar-refractivity contribution in [1.82, 2.24) is 14.9 Å². The van der Waals surface area contributed by atoms with E-state index >= 15 is 0 Å². The van der Waals surface area contributed by atoms with Crippen LogP contribution in [0.25, 0.3) is 5.69 Å². The van der Waals surface area contributed by atoms with E-state index in [2.05, 4.69) is 15.0 Å². The van der Waals surface area contributed by atoms with Crippen LogP contribution in [-0.2, 0) is 6.54 Å². The van der Waals surface area contributed by atoms with E-state index in [4.69, 9.17) is 4.74 Å². The van der Waals surface area contributed by atoms with E-state index in [1.165, 1.54) is 49.3 Å². The number of amides is 1. The third kappa shape index (κ3) is 4.88. The average Bonchev–Trinajstić information content (AvgIpc) is 3.17. The highest BCUT2D eigenvalue weighted by atomic mass is 32.2. The topological polar surface area (TPSA) is 65.4 Å². The minimum absolute atomic E-state index is 0.0958. The molecule has 0 saturated carbocycles. The van der Waals surface area contributed by atoms with Crippen molar-refractivity contribution in [3.8, 4) is 17.2 Å².